The van der Waals surface area contributed by atoms with Gasteiger partial charge in [0, 0.05) is 42.2 Å². The first kappa shape index (κ1) is 29.9. The van der Waals surface area contributed by atoms with Gasteiger partial charge in [0.05, 0.1) is 29.6 Å². The summed E-state index contributed by atoms with van der Waals surface area (Å²) in [5.41, 5.74) is 3.95. The molecule has 1 atom stereocenters. The number of hydrogen-bond donors (Lipinski definition) is 1. The number of aliphatic carboxylic acids is 1. The number of carboxylic acids is 1. The Bertz CT molecular complexity index is 1690. The number of ether oxygens (including phenoxy) is 2. The van der Waals surface area contributed by atoms with E-state index in [1.165, 1.54) is 0 Å². The molecule has 1 N–H and O–H groups in total. The first-order chi connectivity index (χ1) is 21.0. The topological polar surface area (TPSA) is 107 Å². The summed E-state index contributed by atoms with van der Waals surface area (Å²) in [6, 6.07) is 10.00. The Morgan fingerprint density at radius 1 is 1.14 bits per heavy atom. The fourth-order valence-corrected chi connectivity index (χ4v) is 6.25. The molecule has 6 heterocycles. The Kier molecular flexibility index (Phi) is 7.96. The van der Waals surface area contributed by atoms with Crippen LogP contribution in [0.5, 0.6) is 5.75 Å². The maximum atomic E-state index is 12.7. The lowest BCUT2D eigenvalue weighted by Gasteiger charge is -2.41. The summed E-state index contributed by atoms with van der Waals surface area (Å²) in [4.78, 5) is 19.9. The Labute approximate surface area is 258 Å². The smallest absolute Gasteiger partial charge is 0.337 e. The van der Waals surface area contributed by atoms with Gasteiger partial charge in [0.1, 0.15) is 18.2 Å². The minimum Gasteiger partial charge on any atom is -0.489 e. The van der Waals surface area contributed by atoms with Crippen molar-refractivity contribution in [2.75, 3.05) is 24.6 Å². The van der Waals surface area contributed by atoms with Crippen molar-refractivity contribution >= 4 is 17.4 Å². The summed E-state index contributed by atoms with van der Waals surface area (Å²) in [5, 5.41) is 20.1. The van der Waals surface area contributed by atoms with Crippen molar-refractivity contribution in [3.05, 3.63) is 71.7 Å². The van der Waals surface area contributed by atoms with E-state index in [2.05, 4.69) is 35.1 Å². The fourth-order valence-electron chi connectivity index (χ4n) is 6.25. The van der Waals surface area contributed by atoms with Crippen molar-refractivity contribution in [2.45, 2.75) is 78.6 Å². The number of aryl methyl sites for hydroxylation is 1. The average Bonchev–Trinajstić information content (AvgIpc) is 3.60. The molecule has 44 heavy (non-hydrogen) atoms. The first-order valence-corrected chi connectivity index (χ1v) is 15.4. The predicted octanol–water partition coefficient (Wildman–Crippen LogP) is 6.23. The highest BCUT2D eigenvalue weighted by Gasteiger charge is 2.37. The minimum absolute atomic E-state index is 0.175. The number of allylic oxidation sites excluding steroid dienone is 1. The van der Waals surface area contributed by atoms with Crippen molar-refractivity contribution < 1.29 is 19.4 Å². The van der Waals surface area contributed by atoms with Crippen LogP contribution in [0.25, 0.3) is 16.9 Å². The van der Waals surface area contributed by atoms with Crippen LogP contribution in [-0.4, -0.2) is 60.8 Å². The van der Waals surface area contributed by atoms with Crippen molar-refractivity contribution in [1.82, 2.24) is 24.4 Å². The highest BCUT2D eigenvalue weighted by Crippen LogP contribution is 2.41. The van der Waals surface area contributed by atoms with Gasteiger partial charge in [0.25, 0.3) is 0 Å². The normalized spacial score (nSPS) is 18.5. The third-order valence-corrected chi connectivity index (χ3v) is 8.68. The highest BCUT2D eigenvalue weighted by atomic mass is 16.5. The molecule has 1 saturated heterocycles. The lowest BCUT2D eigenvalue weighted by atomic mass is 9.76. The third-order valence-electron chi connectivity index (χ3n) is 8.68. The van der Waals surface area contributed by atoms with Crippen molar-refractivity contribution in [3.8, 4) is 17.0 Å². The molecule has 1 aromatic carbocycles. The van der Waals surface area contributed by atoms with Crippen molar-refractivity contribution in [3.63, 3.8) is 0 Å². The number of nitrogens with zero attached hydrogens (tertiary/aromatic N) is 6. The van der Waals surface area contributed by atoms with Crippen LogP contribution in [0.15, 0.2) is 54.9 Å². The molecule has 4 aromatic rings. The van der Waals surface area contributed by atoms with E-state index in [0.29, 0.717) is 30.1 Å². The van der Waals surface area contributed by atoms with Crippen LogP contribution in [0.4, 0.5) is 5.82 Å². The standard InChI is InChI=1S/C34H42N6O4/c1-23-29(30(32(41)42)44-33(2,3)4)31-38-16-14-34(5,15-17-38)13-9-6-10-18-43-27-12-8-7-11-24(27)21-39-22-25(20-35-39)26-19-28(36-23)40(31)37-26/h6-8,10-12,19-20,22,30H,9,13-18,21H2,1-5H3,(H,41,42)/b10-6-/t30-/m0/s1. The molecular weight excluding hydrogens is 556 g/mol. The number of fused-ring (bicyclic) bond motifs is 6. The van der Waals surface area contributed by atoms with Gasteiger partial charge in [-0.15, -0.1) is 0 Å². The monoisotopic (exact) mass is 598 g/mol. The molecule has 3 aromatic heterocycles. The molecule has 3 aliphatic rings. The zero-order chi connectivity index (χ0) is 31.1. The number of benzene rings is 1. The molecule has 3 aliphatic heterocycles. The van der Waals surface area contributed by atoms with Gasteiger partial charge >= 0.3 is 5.97 Å². The maximum Gasteiger partial charge on any atom is 0.337 e. The van der Waals surface area contributed by atoms with E-state index in [-0.39, 0.29) is 5.41 Å². The fraction of sp³-hybridized carbons (Fsp3) is 0.471. The van der Waals surface area contributed by atoms with E-state index in [4.69, 9.17) is 19.6 Å². The number of rotatable bonds is 3. The van der Waals surface area contributed by atoms with E-state index in [1.54, 1.807) is 6.20 Å². The molecule has 0 unspecified atom stereocenters. The second-order valence-corrected chi connectivity index (χ2v) is 13.3. The lowest BCUT2D eigenvalue weighted by Crippen LogP contribution is -2.41. The Hall–Kier alpha value is -4.18. The molecule has 0 saturated carbocycles. The van der Waals surface area contributed by atoms with Gasteiger partial charge in [-0.05, 0) is 64.9 Å². The largest absolute Gasteiger partial charge is 0.489 e. The van der Waals surface area contributed by atoms with Gasteiger partial charge < -0.3 is 19.5 Å². The highest BCUT2D eigenvalue weighted by molar-refractivity contribution is 5.79. The second-order valence-electron chi connectivity index (χ2n) is 13.3. The molecule has 10 heteroatoms. The maximum absolute atomic E-state index is 12.7. The van der Waals surface area contributed by atoms with Crippen LogP contribution < -0.4 is 9.64 Å². The summed E-state index contributed by atoms with van der Waals surface area (Å²) >= 11 is 0. The van der Waals surface area contributed by atoms with E-state index in [0.717, 1.165) is 67.2 Å². The van der Waals surface area contributed by atoms with Crippen LogP contribution in [0.3, 0.4) is 0 Å². The number of hydrogen-bond acceptors (Lipinski definition) is 7. The summed E-state index contributed by atoms with van der Waals surface area (Å²) in [6.45, 7) is 12.5. The number of carbonyl (C=O) groups is 1. The van der Waals surface area contributed by atoms with E-state index in [1.807, 2.05) is 67.4 Å². The molecule has 232 valence electrons. The molecule has 10 nitrogen and oxygen atoms in total. The van der Waals surface area contributed by atoms with Gasteiger partial charge in [-0.25, -0.2) is 9.78 Å². The molecular formula is C34H42N6O4. The van der Waals surface area contributed by atoms with Gasteiger partial charge in [0.2, 0.25) is 0 Å². The van der Waals surface area contributed by atoms with Gasteiger partial charge in [-0.2, -0.15) is 14.7 Å². The molecule has 6 bridgehead atoms. The van der Waals surface area contributed by atoms with Crippen LogP contribution >= 0.6 is 0 Å². The van der Waals surface area contributed by atoms with Crippen LogP contribution in [0.2, 0.25) is 0 Å². The number of piperidine rings is 1. The zero-order valence-electron chi connectivity index (χ0n) is 26.3. The van der Waals surface area contributed by atoms with Gasteiger partial charge in [-0.1, -0.05) is 37.3 Å². The molecule has 0 spiro atoms. The minimum atomic E-state index is -1.19. The third kappa shape index (κ3) is 6.22. The molecule has 1 fully saturated rings. The number of para-hydroxylation sites is 1. The predicted molar refractivity (Wildman–Crippen MR) is 169 cm³/mol. The molecule has 0 aliphatic carbocycles. The number of aromatic nitrogens is 5. The quantitative estimate of drug-likeness (QED) is 0.277. The lowest BCUT2D eigenvalue weighted by molar-refractivity contribution is -0.160. The Balaban J connectivity index is 1.49. The van der Waals surface area contributed by atoms with Gasteiger partial charge in [0.15, 0.2) is 11.8 Å². The van der Waals surface area contributed by atoms with Crippen LogP contribution in [-0.2, 0) is 16.1 Å². The Morgan fingerprint density at radius 2 is 1.91 bits per heavy atom. The van der Waals surface area contributed by atoms with Crippen molar-refractivity contribution in [1.29, 1.82) is 0 Å². The summed E-state index contributed by atoms with van der Waals surface area (Å²) in [5.74, 6) is 0.543. The van der Waals surface area contributed by atoms with Crippen LogP contribution in [0.1, 0.15) is 76.3 Å². The first-order valence-electron chi connectivity index (χ1n) is 15.4. The Morgan fingerprint density at radius 3 is 2.66 bits per heavy atom. The van der Waals surface area contributed by atoms with Crippen LogP contribution in [0, 0.1) is 12.3 Å². The SMILES string of the molecule is Cc1nc2cc3nn2c(c1[C@H](OC(C)(C)C)C(=O)O)N1CCC(C)(CC/C=C\COc2ccccc2Cn2cc-3cn2)CC1. The van der Waals surface area contributed by atoms with E-state index in [9.17, 15) is 9.90 Å². The summed E-state index contributed by atoms with van der Waals surface area (Å²) in [6.07, 6.45) is 10.9. The molecule has 0 amide bonds. The van der Waals surface area contributed by atoms with Crippen molar-refractivity contribution in [2.24, 2.45) is 5.41 Å². The second kappa shape index (κ2) is 11.7. The number of anilines is 1. The summed E-state index contributed by atoms with van der Waals surface area (Å²) in [7, 11) is 0. The van der Waals surface area contributed by atoms with E-state index >= 15 is 0 Å². The molecule has 7 rings (SSSR count). The molecule has 0 radical (unpaired) electrons. The van der Waals surface area contributed by atoms with Gasteiger partial charge in [-0.3, -0.25) is 4.68 Å². The zero-order valence-corrected chi connectivity index (χ0v) is 26.3. The summed E-state index contributed by atoms with van der Waals surface area (Å²) < 4.78 is 16.0. The van der Waals surface area contributed by atoms with E-state index < -0.39 is 17.7 Å². The number of carboxylic acid groups (broad SMARTS) is 1. The average molecular weight is 599 g/mol.